The van der Waals surface area contributed by atoms with E-state index >= 15 is 0 Å². The van der Waals surface area contributed by atoms with Gasteiger partial charge >= 0.3 is 0 Å². The highest BCUT2D eigenvalue weighted by Gasteiger charge is 2.30. The number of hydrogen-bond acceptors (Lipinski definition) is 6. The maximum absolute atomic E-state index is 5.98. The lowest BCUT2D eigenvalue weighted by Crippen LogP contribution is -2.43. The van der Waals surface area contributed by atoms with Crippen molar-refractivity contribution in [3.05, 3.63) is 29.9 Å². The van der Waals surface area contributed by atoms with Crippen molar-refractivity contribution in [3.63, 3.8) is 0 Å². The van der Waals surface area contributed by atoms with Crippen molar-refractivity contribution in [2.75, 3.05) is 6.61 Å². The molecule has 2 fully saturated rings. The number of aromatic nitrogens is 4. The quantitative estimate of drug-likeness (QED) is 0.884. The standard InChI is InChI=1S/C19H29N5O2/c1-3-18-22-19(26-23-18)13-4-6-14(7-5-13)21-15-8-9-25-17(10-15)16-11-20-12-24(16)2/h11-15,17,21H,3-10H2,1-2H3/t13?,14?,15-,17-/m1/s1. The Balaban J connectivity index is 1.28. The third-order valence-corrected chi connectivity index (χ3v) is 5.82. The Morgan fingerprint density at radius 2 is 2.04 bits per heavy atom. The molecule has 0 radical (unpaired) electrons. The van der Waals surface area contributed by atoms with Crippen LogP contribution in [0.4, 0.5) is 0 Å². The highest BCUT2D eigenvalue weighted by Crippen LogP contribution is 2.33. The number of nitrogens with zero attached hydrogens (tertiary/aromatic N) is 4. The Hall–Kier alpha value is -1.73. The van der Waals surface area contributed by atoms with Gasteiger partial charge in [0.2, 0.25) is 5.89 Å². The first-order valence-corrected chi connectivity index (χ1v) is 9.89. The largest absolute Gasteiger partial charge is 0.372 e. The first-order chi connectivity index (χ1) is 12.7. The fourth-order valence-corrected chi connectivity index (χ4v) is 4.25. The summed E-state index contributed by atoms with van der Waals surface area (Å²) in [7, 11) is 2.03. The van der Waals surface area contributed by atoms with E-state index in [1.54, 1.807) is 0 Å². The lowest BCUT2D eigenvalue weighted by molar-refractivity contribution is -0.00658. The molecule has 4 rings (SSSR count). The van der Waals surface area contributed by atoms with E-state index in [1.165, 1.54) is 18.5 Å². The van der Waals surface area contributed by atoms with Crippen molar-refractivity contribution in [1.82, 2.24) is 25.0 Å². The van der Waals surface area contributed by atoms with Gasteiger partial charge in [-0.2, -0.15) is 4.98 Å². The highest BCUT2D eigenvalue weighted by atomic mass is 16.5. The monoisotopic (exact) mass is 359 g/mol. The van der Waals surface area contributed by atoms with Gasteiger partial charge in [0.15, 0.2) is 5.82 Å². The molecule has 1 saturated heterocycles. The van der Waals surface area contributed by atoms with Gasteiger partial charge in [0.25, 0.3) is 0 Å². The second-order valence-electron chi connectivity index (χ2n) is 7.63. The molecule has 142 valence electrons. The molecule has 0 bridgehead atoms. The summed E-state index contributed by atoms with van der Waals surface area (Å²) in [5.74, 6) is 2.09. The van der Waals surface area contributed by atoms with Gasteiger partial charge in [-0.3, -0.25) is 0 Å². The molecule has 2 aromatic rings. The predicted octanol–water partition coefficient (Wildman–Crippen LogP) is 2.90. The van der Waals surface area contributed by atoms with Gasteiger partial charge in [-0.15, -0.1) is 0 Å². The van der Waals surface area contributed by atoms with Gasteiger partial charge in [-0.05, 0) is 38.5 Å². The lowest BCUT2D eigenvalue weighted by atomic mass is 9.85. The molecule has 7 heteroatoms. The van der Waals surface area contributed by atoms with Crippen LogP contribution in [0.15, 0.2) is 17.0 Å². The van der Waals surface area contributed by atoms with E-state index in [-0.39, 0.29) is 6.10 Å². The maximum Gasteiger partial charge on any atom is 0.229 e. The molecule has 2 atom stereocenters. The van der Waals surface area contributed by atoms with E-state index < -0.39 is 0 Å². The third-order valence-electron chi connectivity index (χ3n) is 5.82. The van der Waals surface area contributed by atoms with Crippen LogP contribution in [0.25, 0.3) is 0 Å². The Bertz CT molecular complexity index is 704. The van der Waals surface area contributed by atoms with Gasteiger partial charge in [-0.25, -0.2) is 4.98 Å². The van der Waals surface area contributed by atoms with Gasteiger partial charge < -0.3 is 19.1 Å². The van der Waals surface area contributed by atoms with Crippen molar-refractivity contribution in [1.29, 1.82) is 0 Å². The van der Waals surface area contributed by atoms with E-state index in [4.69, 9.17) is 9.26 Å². The molecule has 0 unspecified atom stereocenters. The number of rotatable bonds is 5. The van der Waals surface area contributed by atoms with E-state index in [2.05, 4.69) is 31.9 Å². The zero-order valence-corrected chi connectivity index (χ0v) is 15.7. The molecule has 26 heavy (non-hydrogen) atoms. The van der Waals surface area contributed by atoms with Gasteiger partial charge in [-0.1, -0.05) is 12.1 Å². The molecule has 2 aromatic heterocycles. The SMILES string of the molecule is CCc1noc(C2CCC(N[C@@H]3CCO[C@@H](c4cncn4C)C3)CC2)n1. The maximum atomic E-state index is 5.98. The molecular weight excluding hydrogens is 330 g/mol. The summed E-state index contributed by atoms with van der Waals surface area (Å²) in [6, 6.07) is 1.09. The van der Waals surface area contributed by atoms with Crippen molar-refractivity contribution in [2.24, 2.45) is 7.05 Å². The molecule has 1 N–H and O–H groups in total. The molecule has 2 aliphatic rings. The average Bonchev–Trinajstić information content (AvgIpc) is 3.31. The summed E-state index contributed by atoms with van der Waals surface area (Å²) < 4.78 is 13.5. The van der Waals surface area contributed by atoms with E-state index in [0.29, 0.717) is 18.0 Å². The molecule has 7 nitrogen and oxygen atoms in total. The minimum atomic E-state index is 0.149. The van der Waals surface area contributed by atoms with Crippen LogP contribution in [0, 0.1) is 0 Å². The highest BCUT2D eigenvalue weighted by molar-refractivity contribution is 5.05. The Morgan fingerprint density at radius 1 is 1.19 bits per heavy atom. The van der Waals surface area contributed by atoms with Crippen LogP contribution in [0.1, 0.15) is 74.9 Å². The summed E-state index contributed by atoms with van der Waals surface area (Å²) in [6.07, 6.45) is 11.4. The Labute approximate surface area is 154 Å². The third kappa shape index (κ3) is 3.83. The number of aryl methyl sites for hydroxylation is 2. The van der Waals surface area contributed by atoms with Crippen molar-refractivity contribution < 1.29 is 9.26 Å². The van der Waals surface area contributed by atoms with Crippen LogP contribution in [0.2, 0.25) is 0 Å². The topological polar surface area (TPSA) is 78.0 Å². The smallest absolute Gasteiger partial charge is 0.229 e. The fraction of sp³-hybridized carbons (Fsp3) is 0.737. The van der Waals surface area contributed by atoms with Crippen LogP contribution in [-0.4, -0.2) is 38.4 Å². The van der Waals surface area contributed by atoms with Crippen LogP contribution < -0.4 is 5.32 Å². The molecule has 1 aliphatic heterocycles. The number of nitrogens with one attached hydrogen (secondary N) is 1. The minimum absolute atomic E-state index is 0.149. The number of imidazole rings is 1. The van der Waals surface area contributed by atoms with Crippen molar-refractivity contribution in [2.45, 2.75) is 76.0 Å². The minimum Gasteiger partial charge on any atom is -0.372 e. The molecule has 0 spiro atoms. The van der Waals surface area contributed by atoms with Gasteiger partial charge in [0, 0.05) is 38.1 Å². The van der Waals surface area contributed by atoms with E-state index in [1.807, 2.05) is 19.6 Å². The van der Waals surface area contributed by atoms with Crippen LogP contribution in [-0.2, 0) is 18.2 Å². The summed E-state index contributed by atoms with van der Waals surface area (Å²) in [5.41, 5.74) is 1.17. The number of ether oxygens (including phenoxy) is 1. The van der Waals surface area contributed by atoms with Gasteiger partial charge in [0.05, 0.1) is 18.2 Å². The molecule has 1 aliphatic carbocycles. The molecule has 1 saturated carbocycles. The Kier molecular flexibility index (Phi) is 5.36. The number of hydrogen-bond donors (Lipinski definition) is 1. The van der Waals surface area contributed by atoms with Crippen LogP contribution >= 0.6 is 0 Å². The first kappa shape index (κ1) is 17.7. The second kappa shape index (κ2) is 7.88. The predicted molar refractivity (Wildman–Crippen MR) is 96.7 cm³/mol. The van der Waals surface area contributed by atoms with Gasteiger partial charge in [0.1, 0.15) is 6.10 Å². The van der Waals surface area contributed by atoms with Crippen molar-refractivity contribution in [3.8, 4) is 0 Å². The van der Waals surface area contributed by atoms with E-state index in [9.17, 15) is 0 Å². The zero-order chi connectivity index (χ0) is 17.9. The molecular formula is C19H29N5O2. The lowest BCUT2D eigenvalue weighted by Gasteiger charge is -2.35. The van der Waals surface area contributed by atoms with E-state index in [0.717, 1.165) is 50.4 Å². The Morgan fingerprint density at radius 3 is 2.73 bits per heavy atom. The second-order valence-corrected chi connectivity index (χ2v) is 7.63. The normalized spacial score (nSPS) is 29.8. The van der Waals surface area contributed by atoms with Crippen molar-refractivity contribution >= 4 is 0 Å². The average molecular weight is 359 g/mol. The van der Waals surface area contributed by atoms with Crippen LogP contribution in [0.5, 0.6) is 0 Å². The molecule has 3 heterocycles. The zero-order valence-electron chi connectivity index (χ0n) is 15.7. The van der Waals surface area contributed by atoms with Crippen LogP contribution in [0.3, 0.4) is 0 Å². The summed E-state index contributed by atoms with van der Waals surface area (Å²) >= 11 is 0. The summed E-state index contributed by atoms with van der Waals surface area (Å²) in [4.78, 5) is 8.74. The molecule has 0 aromatic carbocycles. The summed E-state index contributed by atoms with van der Waals surface area (Å²) in [6.45, 7) is 2.87. The first-order valence-electron chi connectivity index (χ1n) is 9.89. The molecule has 0 amide bonds. The fourth-order valence-electron chi connectivity index (χ4n) is 4.25. The summed E-state index contributed by atoms with van der Waals surface area (Å²) in [5, 5.41) is 7.92.